The number of H-pyrrole nitrogens is 1. The number of oxazole rings is 2. The van der Waals surface area contributed by atoms with Crippen LogP contribution in [0, 0.1) is 5.92 Å². The van der Waals surface area contributed by atoms with Crippen LogP contribution in [-0.2, 0) is 16.6 Å². The number of amides is 2. The van der Waals surface area contributed by atoms with Gasteiger partial charge in [0.25, 0.3) is 5.91 Å². The van der Waals surface area contributed by atoms with Gasteiger partial charge in [0, 0.05) is 57.0 Å². The van der Waals surface area contributed by atoms with E-state index in [0.29, 0.717) is 40.2 Å². The van der Waals surface area contributed by atoms with Crippen LogP contribution in [-0.4, -0.2) is 60.4 Å². The normalized spacial score (nSPS) is 20.4. The molecule has 4 N–H and O–H groups in total. The fraction of sp³-hybridized carbons (Fsp3) is 0.244. The molecule has 0 saturated carbocycles. The molecule has 59 heavy (non-hydrogen) atoms. The molecule has 14 nitrogen and oxygen atoms in total. The number of rotatable bonds is 6. The second-order valence-electron chi connectivity index (χ2n) is 15.6. The number of aromatic amines is 1. The molecule has 0 saturated heterocycles. The summed E-state index contributed by atoms with van der Waals surface area (Å²) >= 11 is 0. The van der Waals surface area contributed by atoms with Crippen LogP contribution in [0.3, 0.4) is 0 Å². The third kappa shape index (κ3) is 4.85. The Kier molecular flexibility index (Phi) is 7.49. The smallest absolute Gasteiger partial charge is 0.252 e. The predicted molar refractivity (Wildman–Crippen MR) is 216 cm³/mol. The fourth-order valence-electron chi connectivity index (χ4n) is 9.31. The molecule has 2 amide bonds. The van der Waals surface area contributed by atoms with Crippen molar-refractivity contribution < 1.29 is 37.4 Å². The number of hydrogen-bond acceptors (Lipinski definition) is 11. The molecule has 1 spiro atoms. The van der Waals surface area contributed by atoms with Crippen molar-refractivity contribution in [1.82, 2.24) is 25.6 Å². The number of methoxy groups -OCH3 is 3. The van der Waals surface area contributed by atoms with Gasteiger partial charge in [-0.2, -0.15) is 0 Å². The molecular formula is C45H38N6O8. The van der Waals surface area contributed by atoms with E-state index in [1.54, 1.807) is 18.3 Å². The highest BCUT2D eigenvalue weighted by atomic mass is 16.5. The lowest BCUT2D eigenvalue weighted by Gasteiger charge is -2.29. The minimum atomic E-state index is -1.08. The van der Waals surface area contributed by atoms with E-state index in [1.807, 2.05) is 50.4 Å². The van der Waals surface area contributed by atoms with Crippen molar-refractivity contribution in [1.29, 1.82) is 0 Å². The number of nitrogens with zero attached hydrogens (tertiary/aromatic N) is 2. The largest absolute Gasteiger partial charge is 0.493 e. The Morgan fingerprint density at radius 2 is 1.71 bits per heavy atom. The van der Waals surface area contributed by atoms with Crippen LogP contribution in [0.2, 0.25) is 0 Å². The molecular weight excluding hydrogens is 753 g/mol. The summed E-state index contributed by atoms with van der Waals surface area (Å²) in [6.07, 6.45) is 3.14. The van der Waals surface area contributed by atoms with Crippen molar-refractivity contribution in [3.63, 3.8) is 0 Å². The van der Waals surface area contributed by atoms with Crippen LogP contribution in [0.15, 0.2) is 88.0 Å². The Bertz CT molecular complexity index is 2880. The predicted octanol–water partition coefficient (Wildman–Crippen LogP) is 7.13. The first kappa shape index (κ1) is 35.0. The van der Waals surface area contributed by atoms with E-state index < -0.39 is 35.5 Å². The highest BCUT2D eigenvalue weighted by Crippen LogP contribution is 2.61. The van der Waals surface area contributed by atoms with Gasteiger partial charge in [0.05, 0.1) is 27.5 Å². The Labute approximate surface area is 337 Å². The second-order valence-corrected chi connectivity index (χ2v) is 15.6. The fourth-order valence-corrected chi connectivity index (χ4v) is 9.31. The molecule has 7 heterocycles. The van der Waals surface area contributed by atoms with Crippen molar-refractivity contribution in [3.05, 3.63) is 113 Å². The quantitative estimate of drug-likeness (QED) is 0.135. The van der Waals surface area contributed by atoms with Crippen molar-refractivity contribution >= 4 is 28.4 Å². The maximum atomic E-state index is 14.5. The molecule has 4 aliphatic rings. The number of anilines is 1. The van der Waals surface area contributed by atoms with Crippen molar-refractivity contribution in [2.24, 2.45) is 5.92 Å². The Balaban J connectivity index is 1.13. The van der Waals surface area contributed by atoms with Crippen molar-refractivity contribution in [2.75, 3.05) is 26.6 Å². The maximum absolute atomic E-state index is 14.5. The molecule has 10 bridgehead atoms. The monoisotopic (exact) mass is 790 g/mol. The van der Waals surface area contributed by atoms with Crippen LogP contribution >= 0.6 is 0 Å². The van der Waals surface area contributed by atoms with Gasteiger partial charge in [-0.1, -0.05) is 56.3 Å². The highest BCUT2D eigenvalue weighted by molar-refractivity contribution is 6.07. The summed E-state index contributed by atoms with van der Waals surface area (Å²) in [7, 11) is 4.45. The molecule has 0 fully saturated rings. The molecule has 4 aromatic carbocycles. The Morgan fingerprint density at radius 3 is 2.49 bits per heavy atom. The van der Waals surface area contributed by atoms with Crippen molar-refractivity contribution in [3.8, 4) is 57.0 Å². The first-order valence-electron chi connectivity index (χ1n) is 19.4. The number of aromatic nitrogens is 3. The molecule has 11 rings (SSSR count). The van der Waals surface area contributed by atoms with Gasteiger partial charge in [-0.15, -0.1) is 0 Å². The SMILES string of the molecule is COc1cc(C(=O)N[C@H]2Cc3ccc4c(c3)C35c6cccc(c6NC3O4)-c3cccc4[nH]cc(c34)-c3cnc(o3)-c3nc(oc35)[C@H](C(C)C)NC2=O)cc(OC)c1OC. The number of carbonyl (C=O) groups is 2. The van der Waals surface area contributed by atoms with Gasteiger partial charge in [0.1, 0.15) is 23.2 Å². The second kappa shape index (κ2) is 12.6. The van der Waals surface area contributed by atoms with Gasteiger partial charge < -0.3 is 48.7 Å². The lowest BCUT2D eigenvalue weighted by molar-refractivity contribution is -0.124. The van der Waals surface area contributed by atoms with E-state index in [9.17, 15) is 9.59 Å². The molecule has 0 radical (unpaired) electrons. The molecule has 4 aliphatic heterocycles. The van der Waals surface area contributed by atoms with Crippen LogP contribution in [0.5, 0.6) is 23.0 Å². The van der Waals surface area contributed by atoms with E-state index in [0.717, 1.165) is 50.0 Å². The topological polar surface area (TPSA) is 175 Å². The van der Waals surface area contributed by atoms with Crippen molar-refractivity contribution in [2.45, 2.75) is 44.0 Å². The zero-order chi connectivity index (χ0) is 40.3. The number of nitrogens with one attached hydrogen (secondary N) is 4. The van der Waals surface area contributed by atoms with Crippen LogP contribution < -0.4 is 34.9 Å². The number of benzene rings is 4. The zero-order valence-electron chi connectivity index (χ0n) is 32.7. The van der Waals surface area contributed by atoms with Gasteiger partial charge in [-0.05, 0) is 41.3 Å². The summed E-state index contributed by atoms with van der Waals surface area (Å²) < 4.78 is 37.1. The van der Waals surface area contributed by atoms with E-state index in [1.165, 1.54) is 21.3 Å². The summed E-state index contributed by atoms with van der Waals surface area (Å²) in [5, 5.41) is 11.0. The number of ether oxygens (including phenoxy) is 4. The lowest BCUT2D eigenvalue weighted by atomic mass is 9.72. The minimum Gasteiger partial charge on any atom is -0.493 e. The Hall–Kier alpha value is -7.22. The molecule has 0 aliphatic carbocycles. The molecule has 7 aromatic rings. The first-order chi connectivity index (χ1) is 28.7. The number of carbonyl (C=O) groups excluding carboxylic acids is 2. The summed E-state index contributed by atoms with van der Waals surface area (Å²) in [6.45, 7) is 3.95. The highest BCUT2D eigenvalue weighted by Gasteiger charge is 2.61. The first-order valence-corrected chi connectivity index (χ1v) is 19.4. The molecule has 4 atom stereocenters. The third-order valence-electron chi connectivity index (χ3n) is 12.1. The zero-order valence-corrected chi connectivity index (χ0v) is 32.7. The average molecular weight is 791 g/mol. The summed E-state index contributed by atoms with van der Waals surface area (Å²) in [4.78, 5) is 42.0. The summed E-state index contributed by atoms with van der Waals surface area (Å²) in [6, 6.07) is 19.7. The average Bonchev–Trinajstić information content (AvgIpc) is 4.08. The minimum absolute atomic E-state index is 0.155. The van der Waals surface area contributed by atoms with E-state index in [-0.39, 0.29) is 29.7 Å². The van der Waals surface area contributed by atoms with E-state index in [4.69, 9.17) is 37.7 Å². The van der Waals surface area contributed by atoms with Gasteiger partial charge in [-0.25, -0.2) is 9.97 Å². The van der Waals surface area contributed by atoms with Gasteiger partial charge >= 0.3 is 0 Å². The van der Waals surface area contributed by atoms with Crippen LogP contribution in [0.4, 0.5) is 5.69 Å². The van der Waals surface area contributed by atoms with Gasteiger partial charge in [-0.3, -0.25) is 9.59 Å². The van der Waals surface area contributed by atoms with Gasteiger partial charge in [0.2, 0.25) is 23.4 Å². The molecule has 2 unspecified atom stereocenters. The van der Waals surface area contributed by atoms with E-state index in [2.05, 4.69) is 45.2 Å². The molecule has 3 aromatic heterocycles. The molecule has 296 valence electrons. The number of fused-ring (bicyclic) bond motifs is 7. The summed E-state index contributed by atoms with van der Waals surface area (Å²) in [5.41, 5.74) is 6.75. The van der Waals surface area contributed by atoms with Crippen LogP contribution in [0.1, 0.15) is 58.6 Å². The maximum Gasteiger partial charge on any atom is 0.252 e. The lowest BCUT2D eigenvalue weighted by Crippen LogP contribution is -2.49. The number of para-hydroxylation sites is 1. The summed E-state index contributed by atoms with van der Waals surface area (Å²) in [5.74, 6) is 2.04. The third-order valence-corrected chi connectivity index (χ3v) is 12.1. The Morgan fingerprint density at radius 1 is 0.915 bits per heavy atom. The van der Waals surface area contributed by atoms with E-state index >= 15 is 0 Å². The van der Waals surface area contributed by atoms with Gasteiger partial charge in [0.15, 0.2) is 34.9 Å². The molecule has 14 heteroatoms. The van der Waals surface area contributed by atoms with Crippen LogP contribution in [0.25, 0.3) is 44.9 Å². The number of hydrogen-bond donors (Lipinski definition) is 4. The standard InChI is InChI=1S/C45H38N6O8/c1-20(2)35-43-50-37-39(59-43)45-26-10-6-9-24(23-8-7-11-28-34(23)25(18-46-28)33-19-47-42(37)57-33)36(26)51-44(45)58-30-13-12-21(14-27(30)45)15-29(41(53)49-35)48-40(52)22-16-31(54-3)38(56-5)32(17-22)55-4/h6-14,16-20,29,35,44,46,51H,15H2,1-5H3,(H,48,52)(H,49,53)/t29-,35-,44?,45?/m0/s1.